The van der Waals surface area contributed by atoms with E-state index < -0.39 is 23.7 Å². The van der Waals surface area contributed by atoms with E-state index in [1.165, 1.54) is 0 Å². The van der Waals surface area contributed by atoms with Gasteiger partial charge in [-0.15, -0.1) is 0 Å². The second-order valence-corrected chi connectivity index (χ2v) is 3.84. The quantitative estimate of drug-likeness (QED) is 0.613. The smallest absolute Gasteiger partial charge is 0.397 e. The Morgan fingerprint density at radius 3 is 2.59 bits per heavy atom. The highest BCUT2D eigenvalue weighted by molar-refractivity contribution is 6.05. The Morgan fingerprint density at radius 1 is 1.35 bits per heavy atom. The summed E-state index contributed by atoms with van der Waals surface area (Å²) >= 11 is 0. The molecular formula is C10H10F3N3O. The largest absolute Gasteiger partial charge is 0.416 e. The Bertz CT molecular complexity index is 484. The highest BCUT2D eigenvalue weighted by Gasteiger charge is 2.33. The lowest BCUT2D eigenvalue weighted by Crippen LogP contribution is -2.36. The zero-order chi connectivity index (χ0) is 12.8. The molecule has 0 saturated heterocycles. The Morgan fingerprint density at radius 2 is 2.00 bits per heavy atom. The van der Waals surface area contributed by atoms with Crippen LogP contribution < -0.4 is 16.4 Å². The number of anilines is 3. The molecule has 1 atom stereocenters. The number of nitrogens with one attached hydrogen (secondary N) is 2. The average molecular weight is 245 g/mol. The first-order chi connectivity index (χ1) is 7.79. The van der Waals surface area contributed by atoms with E-state index in [0.717, 1.165) is 12.1 Å². The molecule has 2 rings (SSSR count). The molecule has 7 heteroatoms. The summed E-state index contributed by atoms with van der Waals surface area (Å²) in [5, 5.41) is 5.13. The van der Waals surface area contributed by atoms with Crippen molar-refractivity contribution in [3.05, 3.63) is 17.7 Å². The van der Waals surface area contributed by atoms with Crippen molar-refractivity contribution in [2.24, 2.45) is 0 Å². The molecule has 1 heterocycles. The number of fused-ring (bicyclic) bond motifs is 1. The molecule has 4 N–H and O–H groups in total. The van der Waals surface area contributed by atoms with Gasteiger partial charge in [-0.25, -0.2) is 0 Å². The lowest BCUT2D eigenvalue weighted by atomic mass is 10.1. The van der Waals surface area contributed by atoms with E-state index in [1.54, 1.807) is 6.92 Å². The van der Waals surface area contributed by atoms with E-state index in [-0.39, 0.29) is 11.4 Å². The third kappa shape index (κ3) is 2.00. The van der Waals surface area contributed by atoms with Crippen LogP contribution in [0.1, 0.15) is 12.5 Å². The number of rotatable bonds is 0. The van der Waals surface area contributed by atoms with Crippen LogP contribution >= 0.6 is 0 Å². The van der Waals surface area contributed by atoms with Gasteiger partial charge in [0.1, 0.15) is 6.04 Å². The molecule has 1 amide bonds. The van der Waals surface area contributed by atoms with Gasteiger partial charge in [0, 0.05) is 0 Å². The Labute approximate surface area is 95.0 Å². The lowest BCUT2D eigenvalue weighted by Gasteiger charge is -2.26. The zero-order valence-electron chi connectivity index (χ0n) is 8.85. The maximum Gasteiger partial charge on any atom is 0.416 e. The molecule has 0 aliphatic carbocycles. The van der Waals surface area contributed by atoms with Gasteiger partial charge in [0.2, 0.25) is 5.91 Å². The number of nitrogen functional groups attached to an aromatic ring is 1. The van der Waals surface area contributed by atoms with Crippen molar-refractivity contribution >= 4 is 23.0 Å². The normalized spacial score (nSPS) is 19.3. The standard InChI is InChI=1S/C10H10F3N3O/c1-4-9(17)16-7-3-5(10(11,12)13)2-6(14)8(7)15-4/h2-4,15H,14H2,1H3,(H,16,17). The van der Waals surface area contributed by atoms with Gasteiger partial charge in [-0.2, -0.15) is 13.2 Å². The lowest BCUT2D eigenvalue weighted by molar-refractivity contribution is -0.137. The number of amides is 1. The molecule has 17 heavy (non-hydrogen) atoms. The average Bonchev–Trinajstić information content (AvgIpc) is 2.19. The molecule has 4 nitrogen and oxygen atoms in total. The predicted molar refractivity (Wildman–Crippen MR) is 57.6 cm³/mol. The Balaban J connectivity index is 2.52. The van der Waals surface area contributed by atoms with E-state index in [0.29, 0.717) is 5.69 Å². The molecule has 92 valence electrons. The summed E-state index contributed by atoms with van der Waals surface area (Å²) in [5.41, 5.74) is 4.99. The van der Waals surface area contributed by atoms with Crippen LogP contribution in [-0.4, -0.2) is 11.9 Å². The Hall–Kier alpha value is -1.92. The molecule has 0 bridgehead atoms. The van der Waals surface area contributed by atoms with Crippen LogP contribution in [0.3, 0.4) is 0 Å². The van der Waals surface area contributed by atoms with Crippen molar-refractivity contribution < 1.29 is 18.0 Å². The number of carbonyl (C=O) groups excluding carboxylic acids is 1. The monoisotopic (exact) mass is 245 g/mol. The number of halogens is 3. The second-order valence-electron chi connectivity index (χ2n) is 3.84. The van der Waals surface area contributed by atoms with Crippen LogP contribution in [0.4, 0.5) is 30.2 Å². The zero-order valence-corrected chi connectivity index (χ0v) is 8.85. The van der Waals surface area contributed by atoms with Crippen LogP contribution in [0.5, 0.6) is 0 Å². The fourth-order valence-corrected chi connectivity index (χ4v) is 1.61. The van der Waals surface area contributed by atoms with Crippen molar-refractivity contribution in [1.29, 1.82) is 0 Å². The highest BCUT2D eigenvalue weighted by atomic mass is 19.4. The van der Waals surface area contributed by atoms with E-state index in [4.69, 9.17) is 5.73 Å². The minimum atomic E-state index is -4.49. The molecule has 1 aromatic rings. The van der Waals surface area contributed by atoms with Gasteiger partial charge < -0.3 is 16.4 Å². The van der Waals surface area contributed by atoms with Crippen LogP contribution in [0, 0.1) is 0 Å². The predicted octanol–water partition coefficient (Wildman–Crippen LogP) is 2.04. The maximum absolute atomic E-state index is 12.5. The molecular weight excluding hydrogens is 235 g/mol. The van der Waals surface area contributed by atoms with Gasteiger partial charge in [-0.3, -0.25) is 4.79 Å². The van der Waals surface area contributed by atoms with Crippen molar-refractivity contribution in [1.82, 2.24) is 0 Å². The number of nitrogens with two attached hydrogens (primary N) is 1. The van der Waals surface area contributed by atoms with E-state index in [9.17, 15) is 18.0 Å². The number of benzene rings is 1. The fourth-order valence-electron chi connectivity index (χ4n) is 1.61. The topological polar surface area (TPSA) is 67.2 Å². The van der Waals surface area contributed by atoms with Gasteiger partial charge in [0.25, 0.3) is 0 Å². The van der Waals surface area contributed by atoms with Crippen LogP contribution in [0.25, 0.3) is 0 Å². The van der Waals surface area contributed by atoms with Gasteiger partial charge in [0.15, 0.2) is 0 Å². The maximum atomic E-state index is 12.5. The molecule has 0 radical (unpaired) electrons. The second kappa shape index (κ2) is 3.54. The fraction of sp³-hybridized carbons (Fsp3) is 0.300. The molecule has 0 saturated carbocycles. The molecule has 1 aromatic carbocycles. The first kappa shape index (κ1) is 11.6. The van der Waals surface area contributed by atoms with E-state index >= 15 is 0 Å². The molecule has 0 aromatic heterocycles. The van der Waals surface area contributed by atoms with Crippen molar-refractivity contribution in [3.63, 3.8) is 0 Å². The van der Waals surface area contributed by atoms with Gasteiger partial charge in [0.05, 0.1) is 22.6 Å². The SMILES string of the molecule is CC1Nc2c(N)cc(C(F)(F)F)cc2NC1=O. The minimum Gasteiger partial charge on any atom is -0.397 e. The third-order valence-electron chi connectivity index (χ3n) is 2.51. The summed E-state index contributed by atoms with van der Waals surface area (Å²) in [4.78, 5) is 11.3. The van der Waals surface area contributed by atoms with E-state index in [1.807, 2.05) is 0 Å². The van der Waals surface area contributed by atoms with Crippen LogP contribution in [-0.2, 0) is 11.0 Å². The first-order valence-corrected chi connectivity index (χ1v) is 4.87. The number of hydrogen-bond acceptors (Lipinski definition) is 3. The van der Waals surface area contributed by atoms with Gasteiger partial charge >= 0.3 is 6.18 Å². The van der Waals surface area contributed by atoms with Crippen LogP contribution in [0.15, 0.2) is 12.1 Å². The van der Waals surface area contributed by atoms with Gasteiger partial charge in [-0.05, 0) is 19.1 Å². The molecule has 1 aliphatic rings. The summed E-state index contributed by atoms with van der Waals surface area (Å²) < 4.78 is 37.6. The van der Waals surface area contributed by atoms with Crippen molar-refractivity contribution in [3.8, 4) is 0 Å². The molecule has 1 unspecified atom stereocenters. The van der Waals surface area contributed by atoms with E-state index in [2.05, 4.69) is 10.6 Å². The number of hydrogen-bond donors (Lipinski definition) is 3. The summed E-state index contributed by atoms with van der Waals surface area (Å²) in [6.07, 6.45) is -4.49. The minimum absolute atomic E-state index is 0.0401. The highest BCUT2D eigenvalue weighted by Crippen LogP contribution is 2.39. The summed E-state index contributed by atoms with van der Waals surface area (Å²) in [5.74, 6) is -0.392. The summed E-state index contributed by atoms with van der Waals surface area (Å²) in [6, 6.07) is 1.18. The Kier molecular flexibility index (Phi) is 2.41. The first-order valence-electron chi connectivity index (χ1n) is 4.87. The summed E-state index contributed by atoms with van der Waals surface area (Å²) in [6.45, 7) is 1.59. The molecule has 0 fully saturated rings. The summed E-state index contributed by atoms with van der Waals surface area (Å²) in [7, 11) is 0. The van der Waals surface area contributed by atoms with Crippen LogP contribution in [0.2, 0.25) is 0 Å². The number of carbonyl (C=O) groups is 1. The van der Waals surface area contributed by atoms with Gasteiger partial charge in [-0.1, -0.05) is 0 Å². The van der Waals surface area contributed by atoms with Crippen molar-refractivity contribution in [2.75, 3.05) is 16.4 Å². The molecule has 1 aliphatic heterocycles. The molecule has 0 spiro atoms. The third-order valence-corrected chi connectivity index (χ3v) is 2.51. The van der Waals surface area contributed by atoms with Crippen molar-refractivity contribution in [2.45, 2.75) is 19.1 Å². The number of alkyl halides is 3.